The number of fused-ring (bicyclic) bond motifs is 1. The zero-order valence-electron chi connectivity index (χ0n) is 11.2. The van der Waals surface area contributed by atoms with Gasteiger partial charge in [0.2, 0.25) is 0 Å². The molecule has 0 spiro atoms. The summed E-state index contributed by atoms with van der Waals surface area (Å²) < 4.78 is 0. The van der Waals surface area contributed by atoms with Crippen LogP contribution in [-0.2, 0) is 6.42 Å². The molecule has 1 aliphatic rings. The first kappa shape index (κ1) is 12.9. The number of hydrogen-bond acceptors (Lipinski definition) is 2. The number of aryl methyl sites for hydroxylation is 1. The van der Waals surface area contributed by atoms with Crippen LogP contribution in [0.25, 0.3) is 11.1 Å². The third-order valence-corrected chi connectivity index (χ3v) is 3.97. The predicted molar refractivity (Wildman–Crippen MR) is 78.7 cm³/mol. The molecular weight excluding hydrogens is 250 g/mol. The predicted octanol–water partition coefficient (Wildman–Crippen LogP) is 3.39. The lowest BCUT2D eigenvalue weighted by atomic mass is 9.86. The molecule has 0 saturated carbocycles. The van der Waals surface area contributed by atoms with Gasteiger partial charge in [-0.25, -0.2) is 4.79 Å². The van der Waals surface area contributed by atoms with Crippen LogP contribution in [0.3, 0.4) is 0 Å². The monoisotopic (exact) mass is 267 g/mol. The SMILES string of the molecule is NC1CCCc2ccc(-c3ccc(C(=O)O)cc3)cc21. The summed E-state index contributed by atoms with van der Waals surface area (Å²) in [4.78, 5) is 10.9. The van der Waals surface area contributed by atoms with Crippen LogP contribution in [0.2, 0.25) is 0 Å². The van der Waals surface area contributed by atoms with Crippen molar-refractivity contribution in [3.05, 3.63) is 59.2 Å². The van der Waals surface area contributed by atoms with Gasteiger partial charge in [0.25, 0.3) is 0 Å². The van der Waals surface area contributed by atoms with Gasteiger partial charge in [0.15, 0.2) is 0 Å². The molecule has 0 radical (unpaired) electrons. The number of benzene rings is 2. The third-order valence-electron chi connectivity index (χ3n) is 3.97. The number of nitrogens with two attached hydrogens (primary N) is 1. The Hall–Kier alpha value is -2.13. The van der Waals surface area contributed by atoms with Crippen molar-refractivity contribution < 1.29 is 9.90 Å². The number of carboxylic acid groups (broad SMARTS) is 1. The Kier molecular flexibility index (Phi) is 3.28. The summed E-state index contributed by atoms with van der Waals surface area (Å²) >= 11 is 0. The van der Waals surface area contributed by atoms with E-state index in [2.05, 4.69) is 18.2 Å². The van der Waals surface area contributed by atoms with E-state index in [9.17, 15) is 4.79 Å². The van der Waals surface area contributed by atoms with Crippen molar-refractivity contribution in [3.8, 4) is 11.1 Å². The van der Waals surface area contributed by atoms with Crippen molar-refractivity contribution in [1.29, 1.82) is 0 Å². The van der Waals surface area contributed by atoms with Gasteiger partial charge in [0, 0.05) is 6.04 Å². The molecule has 102 valence electrons. The molecule has 0 aromatic heterocycles. The van der Waals surface area contributed by atoms with Crippen molar-refractivity contribution in [3.63, 3.8) is 0 Å². The first-order chi connectivity index (χ1) is 9.65. The lowest BCUT2D eigenvalue weighted by molar-refractivity contribution is 0.0697. The largest absolute Gasteiger partial charge is 0.478 e. The van der Waals surface area contributed by atoms with Crippen LogP contribution in [-0.4, -0.2) is 11.1 Å². The Morgan fingerprint density at radius 2 is 1.80 bits per heavy atom. The maximum atomic E-state index is 10.9. The van der Waals surface area contributed by atoms with E-state index in [0.29, 0.717) is 5.56 Å². The first-order valence-corrected chi connectivity index (χ1v) is 6.87. The minimum absolute atomic E-state index is 0.122. The molecule has 2 aromatic carbocycles. The van der Waals surface area contributed by atoms with Crippen LogP contribution in [0.5, 0.6) is 0 Å². The van der Waals surface area contributed by atoms with E-state index in [0.717, 1.165) is 30.4 Å². The van der Waals surface area contributed by atoms with Crippen LogP contribution < -0.4 is 5.73 Å². The second kappa shape index (κ2) is 5.10. The normalized spacial score (nSPS) is 17.6. The summed E-state index contributed by atoms with van der Waals surface area (Å²) in [5.74, 6) is -0.899. The van der Waals surface area contributed by atoms with Gasteiger partial charge in [0.05, 0.1) is 5.56 Å². The number of rotatable bonds is 2. The molecule has 0 heterocycles. The zero-order valence-corrected chi connectivity index (χ0v) is 11.2. The van der Waals surface area contributed by atoms with E-state index in [1.807, 2.05) is 12.1 Å². The highest BCUT2D eigenvalue weighted by atomic mass is 16.4. The molecule has 0 amide bonds. The van der Waals surface area contributed by atoms with E-state index in [4.69, 9.17) is 10.8 Å². The Morgan fingerprint density at radius 3 is 2.50 bits per heavy atom. The molecule has 0 aliphatic heterocycles. The molecule has 3 N–H and O–H groups in total. The summed E-state index contributed by atoms with van der Waals surface area (Å²) in [5.41, 5.74) is 11.2. The van der Waals surface area contributed by atoms with Crippen LogP contribution >= 0.6 is 0 Å². The van der Waals surface area contributed by atoms with E-state index >= 15 is 0 Å². The van der Waals surface area contributed by atoms with Crippen molar-refractivity contribution in [2.24, 2.45) is 5.73 Å². The van der Waals surface area contributed by atoms with Crippen LogP contribution in [0.1, 0.15) is 40.4 Å². The standard InChI is InChI=1S/C17H17NO2/c18-16-3-1-2-12-6-9-14(10-15(12)16)11-4-7-13(8-5-11)17(19)20/h4-10,16H,1-3,18H2,(H,19,20). The molecule has 1 unspecified atom stereocenters. The quantitative estimate of drug-likeness (QED) is 0.876. The molecule has 3 nitrogen and oxygen atoms in total. The van der Waals surface area contributed by atoms with Gasteiger partial charge in [-0.05, 0) is 59.7 Å². The number of carboxylic acids is 1. The number of hydrogen-bond donors (Lipinski definition) is 2. The first-order valence-electron chi connectivity index (χ1n) is 6.87. The van der Waals surface area contributed by atoms with Gasteiger partial charge >= 0.3 is 5.97 Å². The highest BCUT2D eigenvalue weighted by molar-refractivity contribution is 5.88. The molecular formula is C17H17NO2. The molecule has 0 fully saturated rings. The summed E-state index contributed by atoms with van der Waals surface area (Å²) in [6, 6.07) is 13.5. The molecule has 0 bridgehead atoms. The maximum Gasteiger partial charge on any atom is 0.335 e. The second-order valence-electron chi connectivity index (χ2n) is 5.29. The van der Waals surface area contributed by atoms with Crippen LogP contribution in [0.15, 0.2) is 42.5 Å². The molecule has 0 saturated heterocycles. The van der Waals surface area contributed by atoms with Gasteiger partial charge in [0.1, 0.15) is 0 Å². The maximum absolute atomic E-state index is 10.9. The van der Waals surface area contributed by atoms with E-state index in [1.165, 1.54) is 11.1 Å². The Bertz CT molecular complexity index is 647. The lowest BCUT2D eigenvalue weighted by Gasteiger charge is -2.23. The van der Waals surface area contributed by atoms with Crippen molar-refractivity contribution >= 4 is 5.97 Å². The van der Waals surface area contributed by atoms with E-state index in [1.54, 1.807) is 12.1 Å². The molecule has 20 heavy (non-hydrogen) atoms. The fourth-order valence-corrected chi connectivity index (χ4v) is 2.82. The smallest absolute Gasteiger partial charge is 0.335 e. The highest BCUT2D eigenvalue weighted by Gasteiger charge is 2.17. The summed E-state index contributed by atoms with van der Waals surface area (Å²) in [7, 11) is 0. The van der Waals surface area contributed by atoms with Crippen LogP contribution in [0, 0.1) is 0 Å². The van der Waals surface area contributed by atoms with Crippen molar-refractivity contribution in [2.45, 2.75) is 25.3 Å². The number of carbonyl (C=O) groups is 1. The molecule has 2 aromatic rings. The minimum atomic E-state index is -0.899. The van der Waals surface area contributed by atoms with E-state index in [-0.39, 0.29) is 6.04 Å². The van der Waals surface area contributed by atoms with Gasteiger partial charge in [-0.1, -0.05) is 24.3 Å². The topological polar surface area (TPSA) is 63.3 Å². The Balaban J connectivity index is 1.98. The van der Waals surface area contributed by atoms with Gasteiger partial charge in [-0.2, -0.15) is 0 Å². The minimum Gasteiger partial charge on any atom is -0.478 e. The molecule has 3 heteroatoms. The third kappa shape index (κ3) is 2.32. The zero-order chi connectivity index (χ0) is 14.1. The fraction of sp³-hybridized carbons (Fsp3) is 0.235. The van der Waals surface area contributed by atoms with Gasteiger partial charge in [-0.15, -0.1) is 0 Å². The van der Waals surface area contributed by atoms with Crippen molar-refractivity contribution in [2.75, 3.05) is 0 Å². The van der Waals surface area contributed by atoms with E-state index < -0.39 is 5.97 Å². The second-order valence-corrected chi connectivity index (χ2v) is 5.29. The fourth-order valence-electron chi connectivity index (χ4n) is 2.82. The molecule has 3 rings (SSSR count). The average Bonchev–Trinajstić information content (AvgIpc) is 2.47. The van der Waals surface area contributed by atoms with Gasteiger partial charge in [-0.3, -0.25) is 0 Å². The Morgan fingerprint density at radius 1 is 1.10 bits per heavy atom. The molecule has 1 aliphatic carbocycles. The van der Waals surface area contributed by atoms with Crippen molar-refractivity contribution in [1.82, 2.24) is 0 Å². The molecule has 1 atom stereocenters. The highest BCUT2D eigenvalue weighted by Crippen LogP contribution is 2.31. The lowest BCUT2D eigenvalue weighted by Crippen LogP contribution is -2.17. The summed E-state index contributed by atoms with van der Waals surface area (Å²) in [6.45, 7) is 0. The van der Waals surface area contributed by atoms with Crippen LogP contribution in [0.4, 0.5) is 0 Å². The summed E-state index contributed by atoms with van der Waals surface area (Å²) in [5, 5.41) is 8.92. The average molecular weight is 267 g/mol. The Labute approximate surface area is 118 Å². The van der Waals surface area contributed by atoms with Gasteiger partial charge < -0.3 is 10.8 Å². The summed E-state index contributed by atoms with van der Waals surface area (Å²) in [6.07, 6.45) is 3.29. The number of aromatic carboxylic acids is 1.